The SMILES string of the molecule is CCC(CC)C(O)c1c(F)cc(F)cc1F. The van der Waals surface area contributed by atoms with Crippen LogP contribution in [0.1, 0.15) is 38.4 Å². The van der Waals surface area contributed by atoms with E-state index in [9.17, 15) is 18.3 Å². The fourth-order valence-corrected chi connectivity index (χ4v) is 1.81. The molecular formula is C12H15F3O. The molecule has 0 amide bonds. The summed E-state index contributed by atoms with van der Waals surface area (Å²) in [5, 5.41) is 9.83. The van der Waals surface area contributed by atoms with Crippen LogP contribution in [0.5, 0.6) is 0 Å². The normalized spacial score (nSPS) is 13.2. The fraction of sp³-hybridized carbons (Fsp3) is 0.500. The van der Waals surface area contributed by atoms with Crippen LogP contribution >= 0.6 is 0 Å². The van der Waals surface area contributed by atoms with Crippen molar-refractivity contribution in [2.75, 3.05) is 0 Å². The first-order valence-electron chi connectivity index (χ1n) is 5.33. The highest BCUT2D eigenvalue weighted by Gasteiger charge is 2.24. The summed E-state index contributed by atoms with van der Waals surface area (Å²) in [4.78, 5) is 0. The summed E-state index contributed by atoms with van der Waals surface area (Å²) >= 11 is 0. The van der Waals surface area contributed by atoms with Gasteiger partial charge in [-0.2, -0.15) is 0 Å². The maximum Gasteiger partial charge on any atom is 0.134 e. The van der Waals surface area contributed by atoms with E-state index in [0.717, 1.165) is 0 Å². The van der Waals surface area contributed by atoms with E-state index in [2.05, 4.69) is 0 Å². The second-order valence-corrected chi connectivity index (χ2v) is 3.80. The molecule has 0 spiro atoms. The molecule has 0 fully saturated rings. The Balaban J connectivity index is 3.12. The van der Waals surface area contributed by atoms with Gasteiger partial charge in [0.2, 0.25) is 0 Å². The molecule has 0 radical (unpaired) electrons. The summed E-state index contributed by atoms with van der Waals surface area (Å²) in [7, 11) is 0. The highest BCUT2D eigenvalue weighted by atomic mass is 19.1. The zero-order chi connectivity index (χ0) is 12.3. The number of halogens is 3. The zero-order valence-corrected chi connectivity index (χ0v) is 9.30. The van der Waals surface area contributed by atoms with Crippen molar-refractivity contribution in [2.45, 2.75) is 32.8 Å². The average Bonchev–Trinajstić information content (AvgIpc) is 2.17. The van der Waals surface area contributed by atoms with Gasteiger partial charge < -0.3 is 5.11 Å². The van der Waals surface area contributed by atoms with Crippen LogP contribution < -0.4 is 0 Å². The van der Waals surface area contributed by atoms with Crippen molar-refractivity contribution in [1.82, 2.24) is 0 Å². The lowest BCUT2D eigenvalue weighted by Gasteiger charge is -2.21. The Morgan fingerprint density at radius 1 is 1.06 bits per heavy atom. The first kappa shape index (κ1) is 13.0. The topological polar surface area (TPSA) is 20.2 Å². The molecule has 0 saturated heterocycles. The van der Waals surface area contributed by atoms with Gasteiger partial charge in [-0.3, -0.25) is 0 Å². The molecule has 0 aliphatic heterocycles. The molecule has 1 aromatic rings. The molecule has 1 rings (SSSR count). The van der Waals surface area contributed by atoms with Crippen molar-refractivity contribution in [2.24, 2.45) is 5.92 Å². The molecule has 0 aliphatic carbocycles. The summed E-state index contributed by atoms with van der Waals surface area (Å²) in [6.45, 7) is 3.66. The molecule has 1 atom stereocenters. The van der Waals surface area contributed by atoms with Crippen LogP contribution in [0.15, 0.2) is 12.1 Å². The Hall–Kier alpha value is -1.03. The summed E-state index contributed by atoms with van der Waals surface area (Å²) in [5.74, 6) is -3.27. The van der Waals surface area contributed by atoms with Gasteiger partial charge in [0.15, 0.2) is 0 Å². The molecule has 90 valence electrons. The largest absolute Gasteiger partial charge is 0.388 e. The molecule has 0 aliphatic rings. The third kappa shape index (κ3) is 2.55. The van der Waals surface area contributed by atoms with Crippen LogP contribution in [-0.4, -0.2) is 5.11 Å². The van der Waals surface area contributed by atoms with Crippen molar-refractivity contribution < 1.29 is 18.3 Å². The van der Waals surface area contributed by atoms with E-state index in [-0.39, 0.29) is 5.92 Å². The molecule has 0 saturated carbocycles. The van der Waals surface area contributed by atoms with E-state index in [0.29, 0.717) is 25.0 Å². The van der Waals surface area contributed by atoms with E-state index in [1.807, 2.05) is 13.8 Å². The molecule has 1 unspecified atom stereocenters. The van der Waals surface area contributed by atoms with Gasteiger partial charge in [-0.25, -0.2) is 13.2 Å². The number of benzene rings is 1. The molecule has 16 heavy (non-hydrogen) atoms. The van der Waals surface area contributed by atoms with Gasteiger partial charge in [0.05, 0.1) is 11.7 Å². The Morgan fingerprint density at radius 3 is 1.88 bits per heavy atom. The van der Waals surface area contributed by atoms with Crippen molar-refractivity contribution in [3.63, 3.8) is 0 Å². The van der Waals surface area contributed by atoms with Crippen molar-refractivity contribution in [3.8, 4) is 0 Å². The lowest BCUT2D eigenvalue weighted by Crippen LogP contribution is -2.14. The van der Waals surface area contributed by atoms with Crippen molar-refractivity contribution in [1.29, 1.82) is 0 Å². The third-order valence-corrected chi connectivity index (χ3v) is 2.83. The van der Waals surface area contributed by atoms with Crippen LogP contribution in [0.25, 0.3) is 0 Å². The Kier molecular flexibility index (Phi) is 4.35. The molecule has 0 aromatic heterocycles. The number of rotatable bonds is 4. The summed E-state index contributed by atoms with van der Waals surface area (Å²) in [5.41, 5.74) is -0.435. The van der Waals surface area contributed by atoms with Gasteiger partial charge in [-0.15, -0.1) is 0 Å². The quantitative estimate of drug-likeness (QED) is 0.841. The fourth-order valence-electron chi connectivity index (χ4n) is 1.81. The van der Waals surface area contributed by atoms with E-state index in [1.54, 1.807) is 0 Å². The smallest absolute Gasteiger partial charge is 0.134 e. The molecule has 4 heteroatoms. The van der Waals surface area contributed by atoms with Gasteiger partial charge >= 0.3 is 0 Å². The van der Waals surface area contributed by atoms with E-state index < -0.39 is 29.1 Å². The summed E-state index contributed by atoms with van der Waals surface area (Å²) in [6.07, 6.45) is -0.0161. The molecule has 1 N–H and O–H groups in total. The molecule has 0 heterocycles. The van der Waals surface area contributed by atoms with Crippen LogP contribution in [0, 0.1) is 23.4 Å². The van der Waals surface area contributed by atoms with E-state index in [4.69, 9.17) is 0 Å². The maximum atomic E-state index is 13.4. The molecular weight excluding hydrogens is 217 g/mol. The maximum absolute atomic E-state index is 13.4. The van der Waals surface area contributed by atoms with Crippen LogP contribution in [-0.2, 0) is 0 Å². The second kappa shape index (κ2) is 5.34. The predicted molar refractivity (Wildman–Crippen MR) is 55.3 cm³/mol. The second-order valence-electron chi connectivity index (χ2n) is 3.80. The molecule has 1 nitrogen and oxygen atoms in total. The van der Waals surface area contributed by atoms with Gasteiger partial charge in [-0.1, -0.05) is 26.7 Å². The van der Waals surface area contributed by atoms with Crippen LogP contribution in [0.3, 0.4) is 0 Å². The monoisotopic (exact) mass is 232 g/mol. The Bertz CT molecular complexity index is 338. The van der Waals surface area contributed by atoms with Gasteiger partial charge in [-0.05, 0) is 5.92 Å². The highest BCUT2D eigenvalue weighted by Crippen LogP contribution is 2.31. The Morgan fingerprint density at radius 2 is 1.50 bits per heavy atom. The van der Waals surface area contributed by atoms with Crippen LogP contribution in [0.2, 0.25) is 0 Å². The zero-order valence-electron chi connectivity index (χ0n) is 9.30. The highest BCUT2D eigenvalue weighted by molar-refractivity contribution is 5.23. The number of aliphatic hydroxyl groups excluding tert-OH is 1. The summed E-state index contributed by atoms with van der Waals surface area (Å²) < 4.78 is 39.4. The van der Waals surface area contributed by atoms with Gasteiger partial charge in [0, 0.05) is 12.1 Å². The third-order valence-electron chi connectivity index (χ3n) is 2.83. The standard InChI is InChI=1S/C12H15F3O/c1-3-7(4-2)12(16)11-9(14)5-8(13)6-10(11)15/h5-7,12,16H,3-4H2,1-2H3. The molecule has 1 aromatic carbocycles. The minimum absolute atomic E-state index is 0.227. The number of aliphatic hydroxyl groups is 1. The summed E-state index contributed by atoms with van der Waals surface area (Å²) in [6, 6.07) is 1.17. The van der Waals surface area contributed by atoms with Crippen molar-refractivity contribution >= 4 is 0 Å². The first-order chi connectivity index (χ1) is 7.51. The lowest BCUT2D eigenvalue weighted by atomic mass is 9.91. The number of hydrogen-bond acceptors (Lipinski definition) is 1. The van der Waals surface area contributed by atoms with Crippen LogP contribution in [0.4, 0.5) is 13.2 Å². The van der Waals surface area contributed by atoms with Gasteiger partial charge in [0.25, 0.3) is 0 Å². The lowest BCUT2D eigenvalue weighted by molar-refractivity contribution is 0.0955. The molecule has 0 bridgehead atoms. The van der Waals surface area contributed by atoms with Gasteiger partial charge in [0.1, 0.15) is 17.5 Å². The van der Waals surface area contributed by atoms with E-state index >= 15 is 0 Å². The first-order valence-corrected chi connectivity index (χ1v) is 5.33. The average molecular weight is 232 g/mol. The predicted octanol–water partition coefficient (Wildman–Crippen LogP) is 3.57. The minimum atomic E-state index is -1.23. The Labute approximate surface area is 92.9 Å². The van der Waals surface area contributed by atoms with E-state index in [1.165, 1.54) is 0 Å². The minimum Gasteiger partial charge on any atom is -0.388 e. The number of hydrogen-bond donors (Lipinski definition) is 1. The van der Waals surface area contributed by atoms with Crippen molar-refractivity contribution in [3.05, 3.63) is 35.1 Å².